The number of hydrogen-bond donors (Lipinski definition) is 2. The highest BCUT2D eigenvalue weighted by atomic mass is 35.5. The van der Waals surface area contributed by atoms with Gasteiger partial charge in [0.2, 0.25) is 5.91 Å². The second-order valence-corrected chi connectivity index (χ2v) is 5.75. The standard InChI is InChI=1S/C14H17ClN6O/c1-9-17-14(20-19-9)11-3-2-6-21(11)8-13(22)18-12-5-4-10(15)7-16-12/h4-5,7,11H,2-3,6,8H2,1H3,(H,16,18,22)(H,17,19,20). The first-order chi connectivity index (χ1) is 10.6. The molecule has 0 saturated carbocycles. The second kappa shape index (κ2) is 6.41. The largest absolute Gasteiger partial charge is 0.310 e. The number of likely N-dealkylation sites (tertiary alicyclic amines) is 1. The molecule has 0 aromatic carbocycles. The summed E-state index contributed by atoms with van der Waals surface area (Å²) < 4.78 is 0. The minimum Gasteiger partial charge on any atom is -0.310 e. The molecule has 1 fully saturated rings. The van der Waals surface area contributed by atoms with Crippen LogP contribution in [0.4, 0.5) is 5.82 Å². The molecule has 3 heterocycles. The van der Waals surface area contributed by atoms with Gasteiger partial charge >= 0.3 is 0 Å². The van der Waals surface area contributed by atoms with Crippen LogP contribution in [0.2, 0.25) is 5.02 Å². The van der Waals surface area contributed by atoms with E-state index in [1.54, 1.807) is 12.1 Å². The van der Waals surface area contributed by atoms with Gasteiger partial charge in [0.15, 0.2) is 5.82 Å². The maximum atomic E-state index is 12.2. The number of aromatic amines is 1. The molecule has 0 radical (unpaired) electrons. The van der Waals surface area contributed by atoms with E-state index in [9.17, 15) is 4.79 Å². The minimum absolute atomic E-state index is 0.0916. The molecule has 1 atom stereocenters. The van der Waals surface area contributed by atoms with Gasteiger partial charge in [0.05, 0.1) is 17.6 Å². The molecule has 1 saturated heterocycles. The Morgan fingerprint density at radius 3 is 3.09 bits per heavy atom. The topological polar surface area (TPSA) is 86.8 Å². The van der Waals surface area contributed by atoms with Crippen LogP contribution in [-0.4, -0.2) is 44.1 Å². The van der Waals surface area contributed by atoms with Gasteiger partial charge in [-0.3, -0.25) is 14.8 Å². The minimum atomic E-state index is -0.103. The SMILES string of the molecule is Cc1nc(C2CCCN2CC(=O)Nc2ccc(Cl)cn2)n[nH]1. The fourth-order valence-electron chi connectivity index (χ4n) is 2.63. The number of anilines is 1. The molecule has 0 bridgehead atoms. The fourth-order valence-corrected chi connectivity index (χ4v) is 2.75. The number of amides is 1. The number of rotatable bonds is 4. The molecule has 22 heavy (non-hydrogen) atoms. The van der Waals surface area contributed by atoms with E-state index in [-0.39, 0.29) is 11.9 Å². The Hall–Kier alpha value is -1.99. The van der Waals surface area contributed by atoms with Crippen molar-refractivity contribution >= 4 is 23.3 Å². The van der Waals surface area contributed by atoms with Crippen molar-refractivity contribution in [3.8, 4) is 0 Å². The lowest BCUT2D eigenvalue weighted by Crippen LogP contribution is -2.33. The van der Waals surface area contributed by atoms with E-state index in [1.807, 2.05) is 6.92 Å². The molecule has 2 aromatic rings. The number of nitrogens with one attached hydrogen (secondary N) is 2. The van der Waals surface area contributed by atoms with Crippen LogP contribution in [0.3, 0.4) is 0 Å². The molecule has 1 aliphatic heterocycles. The quantitative estimate of drug-likeness (QED) is 0.899. The summed E-state index contributed by atoms with van der Waals surface area (Å²) >= 11 is 5.77. The van der Waals surface area contributed by atoms with Crippen LogP contribution >= 0.6 is 11.6 Å². The Morgan fingerprint density at radius 1 is 1.55 bits per heavy atom. The highest BCUT2D eigenvalue weighted by Gasteiger charge is 2.30. The normalized spacial score (nSPS) is 18.5. The number of carbonyl (C=O) groups excluding carboxylic acids is 1. The van der Waals surface area contributed by atoms with Crippen molar-refractivity contribution in [1.82, 2.24) is 25.1 Å². The van der Waals surface area contributed by atoms with Crippen molar-refractivity contribution in [2.24, 2.45) is 0 Å². The zero-order valence-corrected chi connectivity index (χ0v) is 13.0. The van der Waals surface area contributed by atoms with Gasteiger partial charge in [0.25, 0.3) is 0 Å². The predicted octanol–water partition coefficient (Wildman–Crippen LogP) is 1.94. The van der Waals surface area contributed by atoms with E-state index >= 15 is 0 Å². The zero-order valence-electron chi connectivity index (χ0n) is 12.2. The zero-order chi connectivity index (χ0) is 15.5. The number of aromatic nitrogens is 4. The first kappa shape index (κ1) is 14.9. The van der Waals surface area contributed by atoms with Crippen molar-refractivity contribution in [2.75, 3.05) is 18.4 Å². The highest BCUT2D eigenvalue weighted by Crippen LogP contribution is 2.29. The summed E-state index contributed by atoms with van der Waals surface area (Å²) in [5.41, 5.74) is 0. The Balaban J connectivity index is 1.61. The van der Waals surface area contributed by atoms with Gasteiger partial charge in [-0.2, -0.15) is 5.10 Å². The van der Waals surface area contributed by atoms with Crippen LogP contribution in [-0.2, 0) is 4.79 Å². The summed E-state index contributed by atoms with van der Waals surface area (Å²) in [6, 6.07) is 3.47. The van der Waals surface area contributed by atoms with Crippen LogP contribution in [0.5, 0.6) is 0 Å². The monoisotopic (exact) mass is 320 g/mol. The summed E-state index contributed by atoms with van der Waals surface area (Å²) in [4.78, 5) is 22.7. The van der Waals surface area contributed by atoms with E-state index in [0.717, 1.165) is 31.0 Å². The lowest BCUT2D eigenvalue weighted by atomic mass is 10.2. The molecule has 2 N–H and O–H groups in total. The highest BCUT2D eigenvalue weighted by molar-refractivity contribution is 6.30. The van der Waals surface area contributed by atoms with E-state index in [4.69, 9.17) is 11.6 Å². The molecule has 0 spiro atoms. The number of aryl methyl sites for hydroxylation is 1. The van der Waals surface area contributed by atoms with Gasteiger partial charge in [-0.05, 0) is 38.4 Å². The summed E-state index contributed by atoms with van der Waals surface area (Å²) in [6.45, 7) is 3.02. The molecule has 8 heteroatoms. The van der Waals surface area contributed by atoms with Gasteiger partial charge in [0, 0.05) is 6.20 Å². The van der Waals surface area contributed by atoms with Gasteiger partial charge in [-0.25, -0.2) is 9.97 Å². The van der Waals surface area contributed by atoms with Crippen LogP contribution < -0.4 is 5.32 Å². The van der Waals surface area contributed by atoms with Crippen molar-refractivity contribution < 1.29 is 4.79 Å². The van der Waals surface area contributed by atoms with Crippen LogP contribution in [0.1, 0.15) is 30.5 Å². The third kappa shape index (κ3) is 3.42. The fraction of sp³-hybridized carbons (Fsp3) is 0.429. The summed E-state index contributed by atoms with van der Waals surface area (Å²) in [7, 11) is 0. The molecule has 1 aliphatic rings. The molecular weight excluding hydrogens is 304 g/mol. The molecule has 3 rings (SSSR count). The lowest BCUT2D eigenvalue weighted by molar-refractivity contribution is -0.117. The van der Waals surface area contributed by atoms with E-state index < -0.39 is 0 Å². The van der Waals surface area contributed by atoms with Gasteiger partial charge in [-0.15, -0.1) is 0 Å². The van der Waals surface area contributed by atoms with Crippen molar-refractivity contribution in [2.45, 2.75) is 25.8 Å². The Labute approximate surface area is 133 Å². The van der Waals surface area contributed by atoms with Crippen LogP contribution in [0, 0.1) is 6.92 Å². The number of nitrogens with zero attached hydrogens (tertiary/aromatic N) is 4. The van der Waals surface area contributed by atoms with Crippen LogP contribution in [0.25, 0.3) is 0 Å². The molecule has 7 nitrogen and oxygen atoms in total. The summed E-state index contributed by atoms with van der Waals surface area (Å²) in [5, 5.41) is 10.4. The van der Waals surface area contributed by atoms with Gasteiger partial charge in [0.1, 0.15) is 11.6 Å². The van der Waals surface area contributed by atoms with E-state index in [2.05, 4.69) is 30.4 Å². The number of hydrogen-bond acceptors (Lipinski definition) is 5. The Kier molecular flexibility index (Phi) is 4.35. The maximum Gasteiger partial charge on any atom is 0.239 e. The van der Waals surface area contributed by atoms with E-state index in [0.29, 0.717) is 17.4 Å². The summed E-state index contributed by atoms with van der Waals surface area (Å²) in [6.07, 6.45) is 3.50. The van der Waals surface area contributed by atoms with Crippen molar-refractivity contribution in [3.05, 3.63) is 35.0 Å². The lowest BCUT2D eigenvalue weighted by Gasteiger charge is -2.21. The van der Waals surface area contributed by atoms with Gasteiger partial charge in [-0.1, -0.05) is 11.6 Å². The average molecular weight is 321 g/mol. The summed E-state index contributed by atoms with van der Waals surface area (Å²) in [5.74, 6) is 1.94. The molecule has 116 valence electrons. The van der Waals surface area contributed by atoms with Crippen LogP contribution in [0.15, 0.2) is 18.3 Å². The average Bonchev–Trinajstić information content (AvgIpc) is 3.10. The number of H-pyrrole nitrogens is 1. The molecule has 1 unspecified atom stereocenters. The third-order valence-electron chi connectivity index (χ3n) is 3.62. The van der Waals surface area contributed by atoms with Crippen molar-refractivity contribution in [3.63, 3.8) is 0 Å². The van der Waals surface area contributed by atoms with E-state index in [1.165, 1.54) is 6.20 Å². The third-order valence-corrected chi connectivity index (χ3v) is 3.84. The molecular formula is C14H17ClN6O. The molecule has 0 aliphatic carbocycles. The smallest absolute Gasteiger partial charge is 0.239 e. The van der Waals surface area contributed by atoms with Gasteiger partial charge < -0.3 is 5.32 Å². The first-order valence-corrected chi connectivity index (χ1v) is 7.54. The number of pyridine rings is 1. The first-order valence-electron chi connectivity index (χ1n) is 7.16. The second-order valence-electron chi connectivity index (χ2n) is 5.32. The molecule has 2 aromatic heterocycles. The number of carbonyl (C=O) groups is 1. The number of halogens is 1. The Morgan fingerprint density at radius 2 is 2.41 bits per heavy atom. The predicted molar refractivity (Wildman–Crippen MR) is 82.5 cm³/mol. The molecule has 1 amide bonds. The van der Waals surface area contributed by atoms with Crippen molar-refractivity contribution in [1.29, 1.82) is 0 Å². The maximum absolute atomic E-state index is 12.2. The Bertz CT molecular complexity index is 656.